The maximum atomic E-state index is 11.3. The summed E-state index contributed by atoms with van der Waals surface area (Å²) in [5.74, 6) is 0. The lowest BCUT2D eigenvalue weighted by molar-refractivity contribution is -0.116. The first-order valence-electron chi connectivity index (χ1n) is 6.20. The minimum absolute atomic E-state index is 0.107. The Kier molecular flexibility index (Phi) is 8.77. The first-order valence-corrected chi connectivity index (χ1v) is 7.28. The summed E-state index contributed by atoms with van der Waals surface area (Å²) in [6.07, 6.45) is 10.3. The summed E-state index contributed by atoms with van der Waals surface area (Å²) in [4.78, 5) is 11.3. The van der Waals surface area contributed by atoms with Gasteiger partial charge < -0.3 is 0 Å². The molecule has 0 aliphatic rings. The van der Waals surface area contributed by atoms with E-state index < -0.39 is 0 Å². The normalized spacial score (nSPS) is 11.7. The Morgan fingerprint density at radius 3 is 1.93 bits per heavy atom. The minimum atomic E-state index is -0.107. The number of unbranched alkanes of at least 4 members (excludes halogenated alkanes) is 6. The van der Waals surface area contributed by atoms with Gasteiger partial charge in [0.1, 0.15) is 0 Å². The molecule has 0 fully saturated rings. The minimum Gasteiger partial charge on any atom is -0.287 e. The van der Waals surface area contributed by atoms with Gasteiger partial charge in [-0.1, -0.05) is 65.7 Å². The zero-order valence-electron chi connectivity index (χ0n) is 10.4. The summed E-state index contributed by atoms with van der Waals surface area (Å²) in [5, 5.41) is 0. The highest BCUT2D eigenvalue weighted by Gasteiger charge is 2.23. The van der Waals surface area contributed by atoms with Gasteiger partial charge in [0.15, 0.2) is 3.79 Å². The van der Waals surface area contributed by atoms with Crippen LogP contribution < -0.4 is 0 Å². The van der Waals surface area contributed by atoms with Crippen molar-refractivity contribution in [1.29, 1.82) is 0 Å². The van der Waals surface area contributed by atoms with Crippen molar-refractivity contribution in [3.05, 3.63) is 0 Å². The van der Waals surface area contributed by atoms with Crippen molar-refractivity contribution in [3.63, 3.8) is 0 Å². The summed E-state index contributed by atoms with van der Waals surface area (Å²) in [7, 11) is 0. The predicted molar refractivity (Wildman–Crippen MR) is 75.4 cm³/mol. The van der Waals surface area contributed by atoms with Crippen LogP contribution in [0.25, 0.3) is 0 Å². The summed E-state index contributed by atoms with van der Waals surface area (Å²) < 4.78 is 0.297. The van der Waals surface area contributed by atoms with E-state index in [-0.39, 0.29) is 5.41 Å². The molecule has 0 aromatic rings. The van der Waals surface area contributed by atoms with Gasteiger partial charge in [0.2, 0.25) is 0 Å². The van der Waals surface area contributed by atoms with E-state index in [0.717, 1.165) is 6.42 Å². The Hall–Kier alpha value is 0.400. The number of carbonyl (C=O) groups is 1. The standard InChI is InChI=1S/C13H25IO/c1-4-5-6-7-8-9-10-11-13(2,3)12(14)15/h4-11H2,1-3H3. The molecule has 0 unspecified atom stereocenters. The Balaban J connectivity index is 3.35. The maximum absolute atomic E-state index is 11.3. The SMILES string of the molecule is CCCCCCCCCC(C)(C)C(=O)I. The van der Waals surface area contributed by atoms with Crippen LogP contribution in [0.4, 0.5) is 0 Å². The number of hydrogen-bond acceptors (Lipinski definition) is 1. The lowest BCUT2D eigenvalue weighted by Crippen LogP contribution is -2.18. The molecular formula is C13H25IO. The first-order chi connectivity index (χ1) is 7.00. The molecule has 90 valence electrons. The highest BCUT2D eigenvalue weighted by atomic mass is 127. The number of rotatable bonds is 9. The van der Waals surface area contributed by atoms with Gasteiger partial charge in [0, 0.05) is 28.0 Å². The van der Waals surface area contributed by atoms with Crippen LogP contribution in [-0.2, 0) is 4.79 Å². The molecule has 0 atom stereocenters. The predicted octanol–water partition coefficient (Wildman–Crippen LogP) is 5.11. The van der Waals surface area contributed by atoms with Gasteiger partial charge in [-0.2, -0.15) is 0 Å². The second-order valence-corrected chi connectivity index (χ2v) is 6.01. The summed E-state index contributed by atoms with van der Waals surface area (Å²) in [6, 6.07) is 0. The molecule has 0 aromatic heterocycles. The van der Waals surface area contributed by atoms with Gasteiger partial charge in [-0.15, -0.1) is 0 Å². The lowest BCUT2D eigenvalue weighted by Gasteiger charge is -2.19. The van der Waals surface area contributed by atoms with Gasteiger partial charge in [-0.3, -0.25) is 4.79 Å². The average Bonchev–Trinajstić information content (AvgIpc) is 2.16. The van der Waals surface area contributed by atoms with Crippen LogP contribution in [0.1, 0.15) is 72.1 Å². The van der Waals surface area contributed by atoms with Crippen LogP contribution in [0.5, 0.6) is 0 Å². The van der Waals surface area contributed by atoms with E-state index in [4.69, 9.17) is 0 Å². The Morgan fingerprint density at radius 2 is 1.47 bits per heavy atom. The zero-order chi connectivity index (χ0) is 11.7. The average molecular weight is 324 g/mol. The van der Waals surface area contributed by atoms with Crippen LogP contribution >= 0.6 is 22.6 Å². The molecule has 0 rings (SSSR count). The molecule has 2 heteroatoms. The molecule has 0 aliphatic carbocycles. The molecule has 0 amide bonds. The molecule has 0 bridgehead atoms. The molecule has 0 N–H and O–H groups in total. The Bertz CT molecular complexity index is 175. The second-order valence-electron chi connectivity index (χ2n) is 5.03. The van der Waals surface area contributed by atoms with Crippen molar-refractivity contribution in [2.75, 3.05) is 0 Å². The highest BCUT2D eigenvalue weighted by molar-refractivity contribution is 14.1. The van der Waals surface area contributed by atoms with Crippen molar-refractivity contribution in [3.8, 4) is 0 Å². The molecular weight excluding hydrogens is 299 g/mol. The largest absolute Gasteiger partial charge is 0.287 e. The quantitative estimate of drug-likeness (QED) is 0.327. The molecule has 0 aliphatic heterocycles. The Labute approximate surface area is 109 Å². The zero-order valence-corrected chi connectivity index (χ0v) is 12.6. The highest BCUT2D eigenvalue weighted by Crippen LogP contribution is 2.27. The molecule has 0 aromatic carbocycles. The molecule has 15 heavy (non-hydrogen) atoms. The van der Waals surface area contributed by atoms with Gasteiger partial charge in [0.25, 0.3) is 0 Å². The first kappa shape index (κ1) is 15.4. The van der Waals surface area contributed by atoms with Gasteiger partial charge in [-0.25, -0.2) is 0 Å². The molecule has 0 spiro atoms. The van der Waals surface area contributed by atoms with E-state index in [1.807, 2.05) is 22.6 Å². The molecule has 1 nitrogen and oxygen atoms in total. The third-order valence-electron chi connectivity index (χ3n) is 2.94. The van der Waals surface area contributed by atoms with Crippen LogP contribution in [0.3, 0.4) is 0 Å². The number of carbonyl (C=O) groups excluding carboxylic acids is 1. The van der Waals surface area contributed by atoms with Crippen LogP contribution in [0.2, 0.25) is 0 Å². The third-order valence-corrected chi connectivity index (χ3v) is 4.40. The van der Waals surface area contributed by atoms with E-state index in [1.54, 1.807) is 0 Å². The fourth-order valence-electron chi connectivity index (χ4n) is 1.62. The van der Waals surface area contributed by atoms with Crippen LogP contribution in [-0.4, -0.2) is 3.79 Å². The fraction of sp³-hybridized carbons (Fsp3) is 0.923. The molecule has 0 saturated carbocycles. The third kappa shape index (κ3) is 8.23. The summed E-state index contributed by atoms with van der Waals surface area (Å²) >= 11 is 1.93. The van der Waals surface area contributed by atoms with Crippen molar-refractivity contribution in [2.24, 2.45) is 5.41 Å². The van der Waals surface area contributed by atoms with Crippen LogP contribution in [0, 0.1) is 5.41 Å². The van der Waals surface area contributed by atoms with E-state index in [1.165, 1.54) is 44.9 Å². The van der Waals surface area contributed by atoms with E-state index in [9.17, 15) is 4.79 Å². The van der Waals surface area contributed by atoms with Crippen molar-refractivity contribution >= 4 is 26.4 Å². The topological polar surface area (TPSA) is 17.1 Å². The molecule has 0 radical (unpaired) electrons. The fourth-order valence-corrected chi connectivity index (χ4v) is 1.89. The summed E-state index contributed by atoms with van der Waals surface area (Å²) in [5.41, 5.74) is -0.107. The van der Waals surface area contributed by atoms with Crippen LogP contribution in [0.15, 0.2) is 0 Å². The van der Waals surface area contributed by atoms with E-state index >= 15 is 0 Å². The second kappa shape index (κ2) is 8.54. The van der Waals surface area contributed by atoms with Crippen molar-refractivity contribution in [2.45, 2.75) is 72.1 Å². The monoisotopic (exact) mass is 324 g/mol. The van der Waals surface area contributed by atoms with Gasteiger partial charge in [-0.05, 0) is 6.42 Å². The lowest BCUT2D eigenvalue weighted by atomic mass is 9.88. The van der Waals surface area contributed by atoms with Crippen molar-refractivity contribution < 1.29 is 4.79 Å². The van der Waals surface area contributed by atoms with Gasteiger partial charge in [0.05, 0.1) is 0 Å². The maximum Gasteiger partial charge on any atom is 0.197 e. The smallest absolute Gasteiger partial charge is 0.197 e. The van der Waals surface area contributed by atoms with Crippen molar-refractivity contribution in [1.82, 2.24) is 0 Å². The molecule has 0 heterocycles. The molecule has 0 saturated heterocycles. The number of halogens is 1. The van der Waals surface area contributed by atoms with E-state index in [2.05, 4.69) is 20.8 Å². The Morgan fingerprint density at radius 1 is 1.00 bits per heavy atom. The van der Waals surface area contributed by atoms with Gasteiger partial charge >= 0.3 is 0 Å². The van der Waals surface area contributed by atoms with E-state index in [0.29, 0.717) is 3.79 Å². The number of hydrogen-bond donors (Lipinski definition) is 0. The summed E-state index contributed by atoms with van der Waals surface area (Å²) in [6.45, 7) is 6.35.